The van der Waals surface area contributed by atoms with Gasteiger partial charge in [-0.15, -0.1) is 0 Å². The Hall–Kier alpha value is -4.59. The van der Waals surface area contributed by atoms with Gasteiger partial charge in [0, 0.05) is 30.7 Å². The zero-order chi connectivity index (χ0) is 23.4. The number of anilines is 1. The molecule has 0 aliphatic carbocycles. The molecule has 0 saturated carbocycles. The third-order valence-electron chi connectivity index (χ3n) is 5.16. The van der Waals surface area contributed by atoms with Gasteiger partial charge in [-0.3, -0.25) is 10.2 Å². The number of ether oxygens (including phenoxy) is 1. The van der Waals surface area contributed by atoms with Crippen LogP contribution >= 0.6 is 0 Å². The third-order valence-corrected chi connectivity index (χ3v) is 5.16. The van der Waals surface area contributed by atoms with E-state index in [4.69, 9.17) is 15.9 Å². The number of nitrogens with zero attached hydrogens (tertiary/aromatic N) is 1. The zero-order valence-corrected chi connectivity index (χ0v) is 18.0. The molecular formula is C25H23N5O3. The van der Waals surface area contributed by atoms with E-state index in [0.29, 0.717) is 29.2 Å². The molecule has 0 aliphatic rings. The van der Waals surface area contributed by atoms with E-state index in [1.54, 1.807) is 48.0 Å². The molecule has 4 aromatic rings. The Morgan fingerprint density at radius 1 is 1.00 bits per heavy atom. The van der Waals surface area contributed by atoms with Gasteiger partial charge >= 0.3 is 5.97 Å². The van der Waals surface area contributed by atoms with Crippen molar-refractivity contribution in [1.82, 2.24) is 9.88 Å². The Kier molecular flexibility index (Phi) is 6.08. The quantitative estimate of drug-likeness (QED) is 0.158. The first-order valence-electron chi connectivity index (χ1n) is 10.3. The predicted octanol–water partition coefficient (Wildman–Crippen LogP) is 3.63. The molecule has 8 nitrogen and oxygen atoms in total. The highest BCUT2D eigenvalue weighted by atomic mass is 16.5. The molecule has 0 aliphatic heterocycles. The Balaban J connectivity index is 1.47. The van der Waals surface area contributed by atoms with Gasteiger partial charge in [0.15, 0.2) is 5.96 Å². The van der Waals surface area contributed by atoms with Crippen molar-refractivity contribution < 1.29 is 14.3 Å². The number of aryl methyl sites for hydroxylation is 1. The Morgan fingerprint density at radius 3 is 2.42 bits per heavy atom. The van der Waals surface area contributed by atoms with Gasteiger partial charge in [-0.25, -0.2) is 4.79 Å². The average molecular weight is 441 g/mol. The molecule has 166 valence electrons. The monoisotopic (exact) mass is 441 g/mol. The highest BCUT2D eigenvalue weighted by molar-refractivity contribution is 5.99. The van der Waals surface area contributed by atoms with Gasteiger partial charge in [0.1, 0.15) is 11.4 Å². The van der Waals surface area contributed by atoms with E-state index < -0.39 is 5.97 Å². The van der Waals surface area contributed by atoms with E-state index in [9.17, 15) is 9.59 Å². The maximum atomic E-state index is 12.7. The van der Waals surface area contributed by atoms with Gasteiger partial charge < -0.3 is 25.7 Å². The van der Waals surface area contributed by atoms with Crippen molar-refractivity contribution in [3.05, 3.63) is 95.7 Å². The number of guanidine groups is 1. The minimum Gasteiger partial charge on any atom is -0.423 e. The lowest BCUT2D eigenvalue weighted by molar-refractivity contribution is 0.0734. The van der Waals surface area contributed by atoms with Gasteiger partial charge in [-0.1, -0.05) is 30.3 Å². The van der Waals surface area contributed by atoms with Crippen LogP contribution in [0.15, 0.2) is 78.9 Å². The van der Waals surface area contributed by atoms with E-state index in [0.717, 1.165) is 16.5 Å². The number of nitrogens with two attached hydrogens (primary N) is 1. The number of aromatic nitrogens is 1. The van der Waals surface area contributed by atoms with Crippen LogP contribution in [0.25, 0.3) is 10.9 Å². The molecular weight excluding hydrogens is 418 g/mol. The second kappa shape index (κ2) is 9.27. The van der Waals surface area contributed by atoms with Gasteiger partial charge in [-0.05, 0) is 48.0 Å². The Morgan fingerprint density at radius 2 is 1.73 bits per heavy atom. The molecule has 1 amide bonds. The molecule has 1 heterocycles. The van der Waals surface area contributed by atoms with Crippen LogP contribution in [0.4, 0.5) is 5.69 Å². The second-order valence-corrected chi connectivity index (χ2v) is 7.48. The van der Waals surface area contributed by atoms with Crippen molar-refractivity contribution in [2.24, 2.45) is 12.8 Å². The molecule has 1 aromatic heterocycles. The number of hydrogen-bond acceptors (Lipinski definition) is 4. The lowest BCUT2D eigenvalue weighted by atomic mass is 10.2. The maximum absolute atomic E-state index is 12.7. The summed E-state index contributed by atoms with van der Waals surface area (Å²) in [6.07, 6.45) is 0. The number of hydrogen-bond donors (Lipinski definition) is 4. The van der Waals surface area contributed by atoms with Crippen LogP contribution in [-0.4, -0.2) is 22.4 Å². The molecule has 0 atom stereocenters. The lowest BCUT2D eigenvalue weighted by Gasteiger charge is -2.08. The molecule has 0 radical (unpaired) electrons. The first kappa shape index (κ1) is 21.6. The van der Waals surface area contributed by atoms with Crippen LogP contribution in [0, 0.1) is 5.41 Å². The van der Waals surface area contributed by atoms with Crippen LogP contribution < -0.4 is 21.1 Å². The van der Waals surface area contributed by atoms with Crippen LogP contribution in [0.3, 0.4) is 0 Å². The van der Waals surface area contributed by atoms with E-state index in [2.05, 4.69) is 10.6 Å². The number of nitrogens with one attached hydrogen (secondary N) is 3. The largest absolute Gasteiger partial charge is 0.423 e. The van der Waals surface area contributed by atoms with Crippen LogP contribution in [0.1, 0.15) is 26.4 Å². The summed E-state index contributed by atoms with van der Waals surface area (Å²) in [5.74, 6) is -0.515. The molecule has 3 aromatic carbocycles. The SMILES string of the molecule is Cn1c(C(=O)NCc2ccccc2)cc2ccc(OC(=O)c3ccc(NC(=N)N)cc3)cc21. The molecule has 0 fully saturated rings. The summed E-state index contributed by atoms with van der Waals surface area (Å²) >= 11 is 0. The standard InChI is InChI=1S/C25H23N5O3/c1-30-21-14-20(33-24(32)17-7-10-19(11-8-17)29-25(26)27)12-9-18(21)13-22(30)23(31)28-15-16-5-3-2-4-6-16/h2-14H,15H2,1H3,(H,28,31)(H4,26,27,29). The number of fused-ring (bicyclic) bond motifs is 1. The third kappa shape index (κ3) is 5.01. The summed E-state index contributed by atoms with van der Waals surface area (Å²) in [5.41, 5.74) is 8.56. The fourth-order valence-electron chi connectivity index (χ4n) is 3.47. The van der Waals surface area contributed by atoms with Gasteiger partial charge in [0.05, 0.1) is 11.1 Å². The first-order valence-corrected chi connectivity index (χ1v) is 10.3. The summed E-state index contributed by atoms with van der Waals surface area (Å²) in [5, 5.41) is 13.7. The van der Waals surface area contributed by atoms with Crippen LogP contribution in [-0.2, 0) is 13.6 Å². The lowest BCUT2D eigenvalue weighted by Crippen LogP contribution is -2.24. The van der Waals surface area contributed by atoms with Crippen molar-refractivity contribution in [3.8, 4) is 5.75 Å². The topological polar surface area (TPSA) is 122 Å². The molecule has 0 saturated heterocycles. The average Bonchev–Trinajstić information content (AvgIpc) is 3.14. The summed E-state index contributed by atoms with van der Waals surface area (Å²) in [6.45, 7) is 0.435. The number of carbonyl (C=O) groups excluding carboxylic acids is 2. The van der Waals surface area contributed by atoms with E-state index >= 15 is 0 Å². The van der Waals surface area contributed by atoms with Crippen molar-refractivity contribution in [3.63, 3.8) is 0 Å². The zero-order valence-electron chi connectivity index (χ0n) is 18.0. The van der Waals surface area contributed by atoms with Crippen molar-refractivity contribution in [2.45, 2.75) is 6.54 Å². The van der Waals surface area contributed by atoms with Gasteiger partial charge in [0.2, 0.25) is 0 Å². The fourth-order valence-corrected chi connectivity index (χ4v) is 3.47. The first-order chi connectivity index (χ1) is 15.9. The number of esters is 1. The highest BCUT2D eigenvalue weighted by Gasteiger charge is 2.15. The summed E-state index contributed by atoms with van der Waals surface area (Å²) in [4.78, 5) is 25.2. The van der Waals surface area contributed by atoms with Gasteiger partial charge in [-0.2, -0.15) is 0 Å². The second-order valence-electron chi connectivity index (χ2n) is 7.48. The van der Waals surface area contributed by atoms with Crippen molar-refractivity contribution >= 4 is 34.4 Å². The van der Waals surface area contributed by atoms with Crippen molar-refractivity contribution in [2.75, 3.05) is 5.32 Å². The van der Waals surface area contributed by atoms with Crippen LogP contribution in [0.5, 0.6) is 5.75 Å². The Labute approximate surface area is 190 Å². The normalized spacial score (nSPS) is 10.6. The predicted molar refractivity (Wildman–Crippen MR) is 127 cm³/mol. The minimum atomic E-state index is -0.515. The molecule has 4 rings (SSSR count). The van der Waals surface area contributed by atoms with E-state index in [1.807, 2.05) is 42.5 Å². The maximum Gasteiger partial charge on any atom is 0.343 e. The molecule has 8 heteroatoms. The number of rotatable bonds is 6. The molecule has 0 bridgehead atoms. The molecule has 0 spiro atoms. The number of carbonyl (C=O) groups is 2. The fraction of sp³-hybridized carbons (Fsp3) is 0.0800. The van der Waals surface area contributed by atoms with E-state index in [1.165, 1.54) is 0 Å². The minimum absolute atomic E-state index is 0.185. The Bertz CT molecular complexity index is 1330. The summed E-state index contributed by atoms with van der Waals surface area (Å²) < 4.78 is 7.29. The summed E-state index contributed by atoms with van der Waals surface area (Å²) in [7, 11) is 1.80. The highest BCUT2D eigenvalue weighted by Crippen LogP contribution is 2.25. The van der Waals surface area contributed by atoms with Gasteiger partial charge in [0.25, 0.3) is 5.91 Å². The number of amides is 1. The molecule has 5 N–H and O–H groups in total. The van der Waals surface area contributed by atoms with Crippen LogP contribution in [0.2, 0.25) is 0 Å². The summed E-state index contributed by atoms with van der Waals surface area (Å²) in [6, 6.07) is 23.2. The smallest absolute Gasteiger partial charge is 0.343 e. The van der Waals surface area contributed by atoms with Crippen molar-refractivity contribution in [1.29, 1.82) is 5.41 Å². The van der Waals surface area contributed by atoms with E-state index in [-0.39, 0.29) is 11.9 Å². The molecule has 0 unspecified atom stereocenters. The number of benzene rings is 3. The molecule has 33 heavy (non-hydrogen) atoms.